The van der Waals surface area contributed by atoms with Crippen LogP contribution in [0, 0.1) is 23.2 Å². The molecule has 0 atom stereocenters. The highest BCUT2D eigenvalue weighted by Crippen LogP contribution is 2.60. The first-order valence-electron chi connectivity index (χ1n) is 15.6. The van der Waals surface area contributed by atoms with Crippen LogP contribution in [0.1, 0.15) is 63.4 Å². The molecule has 4 aliphatic carbocycles. The van der Waals surface area contributed by atoms with Gasteiger partial charge in [0.15, 0.2) is 11.5 Å². The van der Waals surface area contributed by atoms with E-state index in [4.69, 9.17) is 19.2 Å². The van der Waals surface area contributed by atoms with E-state index >= 15 is 0 Å². The van der Waals surface area contributed by atoms with Gasteiger partial charge in [0.2, 0.25) is 17.8 Å². The van der Waals surface area contributed by atoms with Gasteiger partial charge in [-0.1, -0.05) is 0 Å². The molecule has 42 heavy (non-hydrogen) atoms. The van der Waals surface area contributed by atoms with Gasteiger partial charge in [-0.05, 0) is 99.3 Å². The molecule has 224 valence electrons. The van der Waals surface area contributed by atoms with E-state index in [-0.39, 0.29) is 11.4 Å². The number of ether oxygens (including phenoxy) is 3. The van der Waals surface area contributed by atoms with E-state index in [1.54, 1.807) is 19.4 Å². The van der Waals surface area contributed by atoms with Gasteiger partial charge in [-0.15, -0.1) is 0 Å². The number of piperidine rings is 1. The van der Waals surface area contributed by atoms with Crippen molar-refractivity contribution in [2.24, 2.45) is 28.3 Å². The van der Waals surface area contributed by atoms with E-state index in [2.05, 4.69) is 30.3 Å². The van der Waals surface area contributed by atoms with Gasteiger partial charge in [-0.2, -0.15) is 20.1 Å². The molecule has 1 aromatic heterocycles. The smallest absolute Gasteiger partial charge is 0.317 e. The first-order chi connectivity index (χ1) is 20.6. The number of rotatable bonds is 8. The molecule has 11 nitrogen and oxygen atoms in total. The monoisotopic (exact) mass is 575 g/mol. The third-order valence-corrected chi connectivity index (χ3v) is 9.78. The summed E-state index contributed by atoms with van der Waals surface area (Å²) in [6.45, 7) is 4.67. The number of aromatic nitrogens is 3. The molecule has 2 aromatic rings. The van der Waals surface area contributed by atoms with E-state index in [1.807, 2.05) is 12.1 Å². The normalized spacial score (nSPS) is 28.7. The van der Waals surface area contributed by atoms with Crippen molar-refractivity contribution < 1.29 is 19.0 Å². The zero-order valence-corrected chi connectivity index (χ0v) is 24.5. The van der Waals surface area contributed by atoms with Crippen LogP contribution in [0.3, 0.4) is 0 Å². The number of anilines is 3. The molecular formula is C31H41N7O4. The highest BCUT2D eigenvalue weighted by molar-refractivity contribution is 5.83. The molecule has 0 amide bonds. The number of hydrogen-bond acceptors (Lipinski definition) is 11. The summed E-state index contributed by atoms with van der Waals surface area (Å²) < 4.78 is 17.2. The Hall–Kier alpha value is -3.47. The summed E-state index contributed by atoms with van der Waals surface area (Å²) in [7, 11) is 1.59. The van der Waals surface area contributed by atoms with Crippen LogP contribution < -0.4 is 24.7 Å². The van der Waals surface area contributed by atoms with Gasteiger partial charge in [0.1, 0.15) is 0 Å². The Bertz CT molecular complexity index is 1250. The third kappa shape index (κ3) is 5.63. The molecule has 0 radical (unpaired) electrons. The second-order valence-electron chi connectivity index (χ2n) is 12.8. The predicted molar refractivity (Wildman–Crippen MR) is 159 cm³/mol. The molecule has 2 aliphatic heterocycles. The number of carbonyl (C=O) groups is 1. The average Bonchev–Trinajstić information content (AvgIpc) is 3.02. The molecule has 2 saturated heterocycles. The summed E-state index contributed by atoms with van der Waals surface area (Å²) in [5.41, 5.74) is 3.49. The topological polar surface area (TPSA) is 114 Å². The standard InChI is InChI=1S/C31H41N7O4/c1-40-26-16-21(5-6-25(26)42-27(39)31-17-22-13-23(18-31)15-24(14-22)19-31)20-32-36-28-33-29(37-7-3-2-4-8-37)35-30(34-28)38-9-11-41-12-10-38/h5-6,16,20,22-24H,2-4,7-15,17-19H2,1H3,(H,33,34,35,36)/b32-20+. The second kappa shape index (κ2) is 11.7. The number of esters is 1. The number of methoxy groups -OCH3 is 1. The summed E-state index contributed by atoms with van der Waals surface area (Å²) in [6.07, 6.45) is 12.0. The van der Waals surface area contributed by atoms with Gasteiger partial charge in [-0.25, -0.2) is 5.43 Å². The van der Waals surface area contributed by atoms with Gasteiger partial charge >= 0.3 is 5.97 Å². The number of benzene rings is 1. The minimum absolute atomic E-state index is 0.0848. The molecule has 4 saturated carbocycles. The summed E-state index contributed by atoms with van der Waals surface area (Å²) in [4.78, 5) is 32.0. The number of hydrazone groups is 1. The summed E-state index contributed by atoms with van der Waals surface area (Å²) in [6, 6.07) is 5.51. The van der Waals surface area contributed by atoms with E-state index in [0.717, 1.165) is 63.8 Å². The largest absolute Gasteiger partial charge is 0.493 e. The number of nitrogens with zero attached hydrogens (tertiary/aromatic N) is 6. The van der Waals surface area contributed by atoms with Crippen molar-refractivity contribution in [1.82, 2.24) is 15.0 Å². The van der Waals surface area contributed by atoms with Crippen LogP contribution in [0.2, 0.25) is 0 Å². The summed E-state index contributed by atoms with van der Waals surface area (Å²) >= 11 is 0. The Balaban J connectivity index is 1.05. The van der Waals surface area contributed by atoms with Crippen molar-refractivity contribution in [2.75, 3.05) is 61.7 Å². The SMILES string of the molecule is COc1cc(/C=N/Nc2nc(N3CCCCC3)nc(N3CCOCC3)n2)ccc1OC(=O)C12CC3CC(CC(C3)C1)C2. The quantitative estimate of drug-likeness (QED) is 0.212. The highest BCUT2D eigenvalue weighted by Gasteiger charge is 2.55. The molecule has 6 fully saturated rings. The zero-order valence-electron chi connectivity index (χ0n) is 24.5. The number of carbonyl (C=O) groups excluding carboxylic acids is 1. The first-order valence-corrected chi connectivity index (χ1v) is 15.6. The van der Waals surface area contributed by atoms with Gasteiger partial charge < -0.3 is 24.0 Å². The predicted octanol–water partition coefficient (Wildman–Crippen LogP) is 4.27. The molecule has 3 heterocycles. The second-order valence-corrected chi connectivity index (χ2v) is 12.8. The minimum atomic E-state index is -0.318. The Morgan fingerprint density at radius 2 is 1.57 bits per heavy atom. The molecule has 1 N–H and O–H groups in total. The van der Waals surface area contributed by atoms with Crippen molar-refractivity contribution in [1.29, 1.82) is 0 Å². The number of morpholine rings is 1. The van der Waals surface area contributed by atoms with Crippen LogP contribution in [0.15, 0.2) is 23.3 Å². The summed E-state index contributed by atoms with van der Waals surface area (Å²) in [5, 5.41) is 4.42. The van der Waals surface area contributed by atoms with Crippen LogP contribution in [0.4, 0.5) is 17.8 Å². The van der Waals surface area contributed by atoms with Crippen molar-refractivity contribution >= 4 is 30.0 Å². The fraction of sp³-hybridized carbons (Fsp3) is 0.645. The Morgan fingerprint density at radius 1 is 0.929 bits per heavy atom. The molecule has 6 aliphatic rings. The van der Waals surface area contributed by atoms with Crippen LogP contribution in [-0.2, 0) is 9.53 Å². The Kier molecular flexibility index (Phi) is 7.60. The molecule has 8 rings (SSSR count). The van der Waals surface area contributed by atoms with Crippen molar-refractivity contribution in [3.63, 3.8) is 0 Å². The minimum Gasteiger partial charge on any atom is -0.493 e. The molecule has 4 bridgehead atoms. The molecule has 0 unspecified atom stereocenters. The lowest BCUT2D eigenvalue weighted by molar-refractivity contribution is -0.161. The molecule has 1 aromatic carbocycles. The van der Waals surface area contributed by atoms with E-state index in [0.29, 0.717) is 60.3 Å². The zero-order chi connectivity index (χ0) is 28.5. The lowest BCUT2D eigenvalue weighted by Crippen LogP contribution is -2.51. The Labute approximate surface area is 247 Å². The maximum Gasteiger partial charge on any atom is 0.317 e. The van der Waals surface area contributed by atoms with Gasteiger partial charge in [-0.3, -0.25) is 4.79 Å². The van der Waals surface area contributed by atoms with Crippen LogP contribution in [-0.4, -0.2) is 73.6 Å². The number of nitrogens with one attached hydrogen (secondary N) is 1. The van der Waals surface area contributed by atoms with E-state index in [1.165, 1.54) is 25.7 Å². The van der Waals surface area contributed by atoms with Crippen molar-refractivity contribution in [3.8, 4) is 11.5 Å². The number of hydrogen-bond donors (Lipinski definition) is 1. The summed E-state index contributed by atoms with van der Waals surface area (Å²) in [5.74, 6) is 4.65. The molecule has 11 heteroatoms. The fourth-order valence-electron chi connectivity index (χ4n) is 8.13. The van der Waals surface area contributed by atoms with Gasteiger partial charge in [0.05, 0.1) is 32.0 Å². The van der Waals surface area contributed by atoms with Gasteiger partial charge in [0, 0.05) is 26.2 Å². The van der Waals surface area contributed by atoms with Gasteiger partial charge in [0.25, 0.3) is 0 Å². The fourth-order valence-corrected chi connectivity index (χ4v) is 8.13. The lowest BCUT2D eigenvalue weighted by Gasteiger charge is -2.55. The lowest BCUT2D eigenvalue weighted by atomic mass is 9.49. The average molecular weight is 576 g/mol. The molecular weight excluding hydrogens is 534 g/mol. The third-order valence-electron chi connectivity index (χ3n) is 9.78. The molecule has 0 spiro atoms. The highest BCUT2D eigenvalue weighted by atomic mass is 16.6. The first kappa shape index (κ1) is 27.4. The van der Waals surface area contributed by atoms with Crippen LogP contribution >= 0.6 is 0 Å². The van der Waals surface area contributed by atoms with Crippen molar-refractivity contribution in [2.45, 2.75) is 57.8 Å². The maximum absolute atomic E-state index is 13.5. The van der Waals surface area contributed by atoms with Crippen molar-refractivity contribution in [3.05, 3.63) is 23.8 Å². The van der Waals surface area contributed by atoms with Crippen LogP contribution in [0.25, 0.3) is 0 Å². The van der Waals surface area contributed by atoms with E-state index < -0.39 is 0 Å². The van der Waals surface area contributed by atoms with Crippen LogP contribution in [0.5, 0.6) is 11.5 Å². The van der Waals surface area contributed by atoms with E-state index in [9.17, 15) is 4.79 Å². The Morgan fingerprint density at radius 3 is 2.21 bits per heavy atom. The maximum atomic E-state index is 13.5.